The maximum atomic E-state index is 11.5. The van der Waals surface area contributed by atoms with Crippen LogP contribution in [0, 0.1) is 11.3 Å². The van der Waals surface area contributed by atoms with Crippen molar-refractivity contribution < 1.29 is 28.5 Å². The molecule has 1 saturated carbocycles. The molecule has 6 heteroatoms. The van der Waals surface area contributed by atoms with E-state index in [2.05, 4.69) is 6.58 Å². The first-order chi connectivity index (χ1) is 9.77. The predicted molar refractivity (Wildman–Crippen MR) is 70.6 cm³/mol. The van der Waals surface area contributed by atoms with E-state index in [1.54, 1.807) is 0 Å². The molecule has 3 saturated heterocycles. The lowest BCUT2D eigenvalue weighted by Gasteiger charge is -2.63. The molecule has 3 heterocycles. The molecule has 0 aromatic carbocycles. The number of carbonyl (C=O) groups excluding carboxylic acids is 2. The lowest BCUT2D eigenvalue weighted by Crippen LogP contribution is -2.70. The van der Waals surface area contributed by atoms with Gasteiger partial charge in [-0.1, -0.05) is 19.1 Å². The van der Waals surface area contributed by atoms with Crippen LogP contribution in [0.25, 0.3) is 0 Å². The smallest absolute Gasteiger partial charge is 0.305 e. The molecule has 0 aromatic heterocycles. The molecule has 0 aromatic rings. The second-order valence-electron chi connectivity index (χ2n) is 6.27. The number of ether oxygens (including phenoxy) is 4. The number of hydrogen-bond donors (Lipinski definition) is 0. The number of fused-ring (bicyclic) bond motifs is 1. The van der Waals surface area contributed by atoms with Gasteiger partial charge in [0.1, 0.15) is 0 Å². The van der Waals surface area contributed by atoms with Crippen molar-refractivity contribution in [1.82, 2.24) is 0 Å². The van der Waals surface area contributed by atoms with Crippen LogP contribution in [0.1, 0.15) is 40.0 Å². The Balaban J connectivity index is 2.03. The Morgan fingerprint density at radius 1 is 1.33 bits per heavy atom. The van der Waals surface area contributed by atoms with Crippen LogP contribution in [0.5, 0.6) is 0 Å². The van der Waals surface area contributed by atoms with E-state index in [0.717, 1.165) is 5.57 Å². The highest BCUT2D eigenvalue weighted by Gasteiger charge is 2.69. The number of allylic oxidation sites excluding steroid dienone is 1. The molecule has 116 valence electrons. The molecule has 4 bridgehead atoms. The lowest BCUT2D eigenvalue weighted by atomic mass is 9.57. The van der Waals surface area contributed by atoms with Crippen LogP contribution < -0.4 is 0 Å². The topological polar surface area (TPSA) is 71.1 Å². The molecule has 21 heavy (non-hydrogen) atoms. The lowest BCUT2D eigenvalue weighted by molar-refractivity contribution is -0.460. The quantitative estimate of drug-likeness (QED) is 0.572. The van der Waals surface area contributed by atoms with E-state index < -0.39 is 36.2 Å². The highest BCUT2D eigenvalue weighted by Crippen LogP contribution is 2.62. The van der Waals surface area contributed by atoms with Crippen molar-refractivity contribution in [3.8, 4) is 0 Å². The Bertz CT molecular complexity index is 514. The summed E-state index contributed by atoms with van der Waals surface area (Å²) in [6.45, 7) is 8.89. The maximum absolute atomic E-state index is 11.5. The van der Waals surface area contributed by atoms with E-state index in [4.69, 9.17) is 18.9 Å². The van der Waals surface area contributed by atoms with Crippen LogP contribution >= 0.6 is 0 Å². The summed E-state index contributed by atoms with van der Waals surface area (Å²) in [5.41, 5.74) is 0.721. The first-order valence-corrected chi connectivity index (χ1v) is 7.15. The SMILES string of the molecule is C=C1CC[C@]2(OC(C)=O)O[C@@H]3C[C@@]1(C)C2[C@H](OC(C)=O)O3. The summed E-state index contributed by atoms with van der Waals surface area (Å²) in [4.78, 5) is 22.9. The fourth-order valence-corrected chi connectivity index (χ4v) is 3.94. The van der Waals surface area contributed by atoms with Crippen LogP contribution in [0.3, 0.4) is 0 Å². The zero-order valence-corrected chi connectivity index (χ0v) is 12.5. The van der Waals surface area contributed by atoms with E-state index in [0.29, 0.717) is 19.3 Å². The Morgan fingerprint density at radius 3 is 2.67 bits per heavy atom. The molecule has 1 unspecified atom stereocenters. The monoisotopic (exact) mass is 296 g/mol. The predicted octanol–water partition coefficient (Wildman–Crippen LogP) is 1.88. The van der Waals surface area contributed by atoms with Gasteiger partial charge in [0.25, 0.3) is 0 Å². The third-order valence-electron chi connectivity index (χ3n) is 4.82. The Kier molecular flexibility index (Phi) is 3.15. The van der Waals surface area contributed by atoms with Gasteiger partial charge in [-0.2, -0.15) is 0 Å². The molecule has 0 N–H and O–H groups in total. The van der Waals surface area contributed by atoms with E-state index in [1.165, 1.54) is 13.8 Å². The molecular weight excluding hydrogens is 276 g/mol. The van der Waals surface area contributed by atoms with Gasteiger partial charge in [-0.05, 0) is 6.42 Å². The van der Waals surface area contributed by atoms with Gasteiger partial charge < -0.3 is 18.9 Å². The molecule has 0 radical (unpaired) electrons. The highest BCUT2D eigenvalue weighted by atomic mass is 16.8. The molecule has 4 fully saturated rings. The van der Waals surface area contributed by atoms with Gasteiger partial charge in [0.05, 0.1) is 5.92 Å². The minimum Gasteiger partial charge on any atom is -0.435 e. The Morgan fingerprint density at radius 2 is 2.05 bits per heavy atom. The molecular formula is C15H20O6. The minimum atomic E-state index is -1.09. The summed E-state index contributed by atoms with van der Waals surface area (Å²) < 4.78 is 22.4. The van der Waals surface area contributed by atoms with Gasteiger partial charge >= 0.3 is 11.9 Å². The molecule has 6 nitrogen and oxygen atoms in total. The standard InChI is InChI=1S/C15H20O6/c1-8-5-6-15(20-10(3)17)12-13(18-9(2)16)19-11(21-15)7-14(8,12)4/h11-13H,1,5-7H2,2-4H3/t11-,12?,13-,14-,15+/m1/s1. The third kappa shape index (κ3) is 2.08. The average Bonchev–Trinajstić information content (AvgIpc) is 2.32. The number of hydrogen-bond acceptors (Lipinski definition) is 6. The number of esters is 2. The van der Waals surface area contributed by atoms with Gasteiger partial charge in [0.15, 0.2) is 6.29 Å². The van der Waals surface area contributed by atoms with Crippen LogP contribution in [-0.2, 0) is 28.5 Å². The van der Waals surface area contributed by atoms with Crippen molar-refractivity contribution in [2.24, 2.45) is 11.3 Å². The second-order valence-corrected chi connectivity index (χ2v) is 6.27. The van der Waals surface area contributed by atoms with Crippen molar-refractivity contribution in [1.29, 1.82) is 0 Å². The normalized spacial score (nSPS) is 44.3. The van der Waals surface area contributed by atoms with Crippen LogP contribution in [-0.4, -0.2) is 30.3 Å². The van der Waals surface area contributed by atoms with E-state index in [1.807, 2.05) is 6.92 Å². The molecule has 0 spiro atoms. The summed E-state index contributed by atoms with van der Waals surface area (Å²) in [5, 5.41) is 0. The largest absolute Gasteiger partial charge is 0.435 e. The Labute approximate surface area is 123 Å². The molecule has 0 amide bonds. The minimum absolute atomic E-state index is 0.338. The van der Waals surface area contributed by atoms with Crippen molar-refractivity contribution in [2.45, 2.75) is 58.4 Å². The van der Waals surface area contributed by atoms with Crippen LogP contribution in [0.2, 0.25) is 0 Å². The van der Waals surface area contributed by atoms with Gasteiger partial charge in [0.2, 0.25) is 12.1 Å². The third-order valence-corrected chi connectivity index (χ3v) is 4.82. The maximum Gasteiger partial charge on any atom is 0.305 e. The Hall–Kier alpha value is -1.40. The second kappa shape index (κ2) is 4.55. The highest BCUT2D eigenvalue weighted by molar-refractivity contribution is 5.67. The molecule has 3 aliphatic heterocycles. The number of carbonyl (C=O) groups is 2. The summed E-state index contributed by atoms with van der Waals surface area (Å²) in [6.07, 6.45) is 0.484. The average molecular weight is 296 g/mol. The summed E-state index contributed by atoms with van der Waals surface area (Å²) in [6, 6.07) is 0. The molecule has 5 atom stereocenters. The fourth-order valence-electron chi connectivity index (χ4n) is 3.94. The molecule has 1 aliphatic carbocycles. The summed E-state index contributed by atoms with van der Waals surface area (Å²) in [7, 11) is 0. The van der Waals surface area contributed by atoms with Crippen molar-refractivity contribution in [3.63, 3.8) is 0 Å². The van der Waals surface area contributed by atoms with Gasteiger partial charge in [-0.3, -0.25) is 9.59 Å². The molecule has 4 rings (SSSR count). The summed E-state index contributed by atoms with van der Waals surface area (Å²) >= 11 is 0. The van der Waals surface area contributed by atoms with E-state index in [9.17, 15) is 9.59 Å². The summed E-state index contributed by atoms with van der Waals surface area (Å²) in [5.74, 6) is -2.34. The van der Waals surface area contributed by atoms with Crippen LogP contribution in [0.15, 0.2) is 12.2 Å². The van der Waals surface area contributed by atoms with Crippen LogP contribution in [0.4, 0.5) is 0 Å². The zero-order chi connectivity index (χ0) is 15.4. The van der Waals surface area contributed by atoms with E-state index >= 15 is 0 Å². The van der Waals surface area contributed by atoms with Gasteiger partial charge in [0, 0.05) is 32.1 Å². The van der Waals surface area contributed by atoms with Crippen molar-refractivity contribution >= 4 is 11.9 Å². The van der Waals surface area contributed by atoms with Gasteiger partial charge in [-0.25, -0.2) is 0 Å². The van der Waals surface area contributed by atoms with Gasteiger partial charge in [-0.15, -0.1) is 0 Å². The van der Waals surface area contributed by atoms with Crippen molar-refractivity contribution in [3.05, 3.63) is 12.2 Å². The van der Waals surface area contributed by atoms with E-state index in [-0.39, 0.29) is 5.41 Å². The zero-order valence-electron chi connectivity index (χ0n) is 12.5. The first kappa shape index (κ1) is 14.5. The number of rotatable bonds is 2. The molecule has 4 aliphatic rings. The fraction of sp³-hybridized carbons (Fsp3) is 0.733. The van der Waals surface area contributed by atoms with Crippen molar-refractivity contribution in [2.75, 3.05) is 0 Å². The first-order valence-electron chi connectivity index (χ1n) is 7.15.